The highest BCUT2D eigenvalue weighted by molar-refractivity contribution is 7.86. The van der Waals surface area contributed by atoms with Gasteiger partial charge in [-0.15, -0.1) is 0 Å². The molecule has 3 aromatic rings. The molecule has 2 unspecified atom stereocenters. The van der Waals surface area contributed by atoms with Crippen LogP contribution in [0.3, 0.4) is 0 Å². The topological polar surface area (TPSA) is 85.4 Å². The van der Waals surface area contributed by atoms with Crippen LogP contribution in [-0.2, 0) is 15.7 Å². The zero-order valence-corrected chi connectivity index (χ0v) is 21.3. The molecule has 0 amide bonds. The van der Waals surface area contributed by atoms with Crippen molar-refractivity contribution >= 4 is 33.1 Å². The molecule has 2 N–H and O–H groups in total. The highest BCUT2D eigenvalue weighted by atomic mass is 32.2. The van der Waals surface area contributed by atoms with Crippen molar-refractivity contribution in [1.29, 1.82) is 0 Å². The number of benzene rings is 1. The van der Waals surface area contributed by atoms with Gasteiger partial charge in [0, 0.05) is 36.7 Å². The predicted octanol–water partition coefficient (Wildman–Crippen LogP) is 5.33. The average molecular weight is 505 g/mol. The third-order valence-corrected chi connectivity index (χ3v) is 8.22. The van der Waals surface area contributed by atoms with E-state index < -0.39 is 11.0 Å². The summed E-state index contributed by atoms with van der Waals surface area (Å²) in [7, 11) is -0.173. The first-order chi connectivity index (χ1) is 16.4. The van der Waals surface area contributed by atoms with E-state index in [1.165, 1.54) is 19.2 Å². The Bertz CT molecular complexity index is 1180. The third kappa shape index (κ3) is 5.56. The Morgan fingerprint density at radius 3 is 2.74 bits per heavy atom. The number of pyridine rings is 1. The van der Waals surface area contributed by atoms with Crippen molar-refractivity contribution < 1.29 is 18.1 Å². The lowest BCUT2D eigenvalue weighted by molar-refractivity contribution is 0.0622. The fourth-order valence-corrected chi connectivity index (χ4v) is 6.10. The van der Waals surface area contributed by atoms with Crippen LogP contribution in [0.5, 0.6) is 5.88 Å². The van der Waals surface area contributed by atoms with Crippen molar-refractivity contribution in [3.8, 4) is 16.3 Å². The van der Waals surface area contributed by atoms with Gasteiger partial charge in [-0.25, -0.2) is 18.6 Å². The minimum atomic E-state index is -1.66. The van der Waals surface area contributed by atoms with Gasteiger partial charge in [0.1, 0.15) is 10.7 Å². The molecule has 0 bridgehead atoms. The molecule has 0 spiro atoms. The fraction of sp³-hybridized carbons (Fsp3) is 0.417. The monoisotopic (exact) mass is 504 g/mol. The van der Waals surface area contributed by atoms with Crippen molar-refractivity contribution in [3.63, 3.8) is 0 Å². The number of methoxy groups -OCH3 is 1. The molecule has 1 saturated heterocycles. The summed E-state index contributed by atoms with van der Waals surface area (Å²) in [6, 6.07) is 6.39. The van der Waals surface area contributed by atoms with E-state index in [1.54, 1.807) is 36.6 Å². The molecule has 2 atom stereocenters. The summed E-state index contributed by atoms with van der Waals surface area (Å²) in [4.78, 5) is 10.5. The first kappa shape index (κ1) is 24.6. The van der Waals surface area contributed by atoms with Gasteiger partial charge in [0.2, 0.25) is 5.88 Å². The highest BCUT2D eigenvalue weighted by Crippen LogP contribution is 2.36. The van der Waals surface area contributed by atoms with E-state index >= 15 is 0 Å². The Balaban J connectivity index is 1.56. The standard InChI is InChI=1S/C24H29FN4O3S2/c1-14-11-19(25)5-6-20(14)29-34(30)21-12-18(13-26-23(21)31-4)22-16(3)28-24(33-22)27-15(2)17-7-9-32-10-8-17/h5-6,11-13,15,17,29H,7-10H2,1-4H3,(H,27,28). The maximum absolute atomic E-state index is 13.4. The average Bonchev–Trinajstić information content (AvgIpc) is 3.20. The Labute approximate surface area is 205 Å². The highest BCUT2D eigenvalue weighted by Gasteiger charge is 2.22. The van der Waals surface area contributed by atoms with E-state index in [0.717, 1.165) is 47.3 Å². The van der Waals surface area contributed by atoms with E-state index in [2.05, 4.69) is 21.9 Å². The van der Waals surface area contributed by atoms with Crippen LogP contribution in [0.4, 0.5) is 15.2 Å². The Kier molecular flexibility index (Phi) is 7.80. The van der Waals surface area contributed by atoms with Crippen LogP contribution in [0.2, 0.25) is 0 Å². The smallest absolute Gasteiger partial charge is 0.231 e. The van der Waals surface area contributed by atoms with Crippen LogP contribution >= 0.6 is 11.3 Å². The molecule has 4 rings (SSSR count). The number of rotatable bonds is 8. The summed E-state index contributed by atoms with van der Waals surface area (Å²) in [6.45, 7) is 7.51. The van der Waals surface area contributed by atoms with Gasteiger partial charge in [-0.1, -0.05) is 11.3 Å². The van der Waals surface area contributed by atoms with Crippen molar-refractivity contribution in [2.45, 2.75) is 44.6 Å². The minimum absolute atomic E-state index is 0.267. The predicted molar refractivity (Wildman–Crippen MR) is 134 cm³/mol. The molecule has 0 saturated carbocycles. The summed E-state index contributed by atoms with van der Waals surface area (Å²) < 4.78 is 40.4. The van der Waals surface area contributed by atoms with E-state index in [0.29, 0.717) is 28.1 Å². The van der Waals surface area contributed by atoms with Gasteiger partial charge < -0.3 is 19.5 Å². The number of aryl methyl sites for hydroxylation is 2. The number of thiazole rings is 1. The molecule has 7 nitrogen and oxygen atoms in total. The molecule has 1 aromatic carbocycles. The first-order valence-corrected chi connectivity index (χ1v) is 13.1. The Morgan fingerprint density at radius 1 is 1.26 bits per heavy atom. The van der Waals surface area contributed by atoms with Crippen molar-refractivity contribution in [2.24, 2.45) is 5.92 Å². The number of halogens is 1. The lowest BCUT2D eigenvalue weighted by Gasteiger charge is -2.28. The van der Waals surface area contributed by atoms with Gasteiger partial charge in [-0.2, -0.15) is 0 Å². The van der Waals surface area contributed by atoms with E-state index in [9.17, 15) is 8.60 Å². The maximum Gasteiger partial charge on any atom is 0.231 e. The molecular weight excluding hydrogens is 475 g/mol. The summed E-state index contributed by atoms with van der Waals surface area (Å²) in [5.41, 5.74) is 2.92. The second kappa shape index (κ2) is 10.8. The largest absolute Gasteiger partial charge is 0.480 e. The van der Waals surface area contributed by atoms with Crippen molar-refractivity contribution in [2.75, 3.05) is 30.4 Å². The van der Waals surface area contributed by atoms with E-state index in [1.807, 2.05) is 6.92 Å². The SMILES string of the molecule is COc1ncc(-c2sc(NC(C)C3CCOCC3)nc2C)cc1S(=O)Nc1ccc(F)cc1C. The van der Waals surface area contributed by atoms with Crippen LogP contribution in [0.1, 0.15) is 31.0 Å². The molecular formula is C24H29FN4O3S2. The fourth-order valence-electron chi connectivity index (χ4n) is 3.99. The van der Waals surface area contributed by atoms with Crippen LogP contribution in [0, 0.1) is 25.6 Å². The molecule has 3 heterocycles. The second-order valence-electron chi connectivity index (χ2n) is 8.38. The first-order valence-electron chi connectivity index (χ1n) is 11.2. The van der Waals surface area contributed by atoms with Gasteiger partial charge >= 0.3 is 0 Å². The molecule has 1 aliphatic rings. The van der Waals surface area contributed by atoms with Gasteiger partial charge in [0.15, 0.2) is 16.1 Å². The van der Waals surface area contributed by atoms with Crippen molar-refractivity contribution in [1.82, 2.24) is 9.97 Å². The van der Waals surface area contributed by atoms with Crippen LogP contribution in [0.15, 0.2) is 35.4 Å². The molecule has 182 valence electrons. The van der Waals surface area contributed by atoms with Gasteiger partial charge in [0.05, 0.1) is 17.7 Å². The zero-order chi connectivity index (χ0) is 24.2. The van der Waals surface area contributed by atoms with Gasteiger partial charge in [-0.3, -0.25) is 0 Å². The van der Waals surface area contributed by atoms with E-state index in [-0.39, 0.29) is 11.7 Å². The van der Waals surface area contributed by atoms with Gasteiger partial charge in [0.25, 0.3) is 0 Å². The number of hydrogen-bond acceptors (Lipinski definition) is 7. The van der Waals surface area contributed by atoms with Crippen LogP contribution < -0.4 is 14.8 Å². The lowest BCUT2D eigenvalue weighted by Crippen LogP contribution is -2.30. The normalized spacial score (nSPS) is 16.1. The summed E-state index contributed by atoms with van der Waals surface area (Å²) >= 11 is 1.55. The number of ether oxygens (including phenoxy) is 2. The number of anilines is 2. The third-order valence-electron chi connectivity index (χ3n) is 5.99. The summed E-state index contributed by atoms with van der Waals surface area (Å²) in [5, 5.41) is 4.40. The summed E-state index contributed by atoms with van der Waals surface area (Å²) in [6.07, 6.45) is 3.79. The molecule has 0 radical (unpaired) electrons. The lowest BCUT2D eigenvalue weighted by atomic mass is 9.93. The van der Waals surface area contributed by atoms with E-state index in [4.69, 9.17) is 14.5 Å². The minimum Gasteiger partial charge on any atom is -0.480 e. The quantitative estimate of drug-likeness (QED) is 0.431. The Hall–Kier alpha value is -2.56. The number of nitrogens with one attached hydrogen (secondary N) is 2. The molecule has 2 aromatic heterocycles. The Morgan fingerprint density at radius 2 is 2.03 bits per heavy atom. The second-order valence-corrected chi connectivity index (χ2v) is 10.6. The maximum atomic E-state index is 13.4. The zero-order valence-electron chi connectivity index (χ0n) is 19.7. The molecule has 0 aliphatic carbocycles. The number of nitrogens with zero attached hydrogens (tertiary/aromatic N) is 2. The summed E-state index contributed by atoms with van der Waals surface area (Å²) in [5.74, 6) is 0.480. The van der Waals surface area contributed by atoms with Crippen LogP contribution in [0.25, 0.3) is 10.4 Å². The molecule has 1 fully saturated rings. The number of hydrogen-bond donors (Lipinski definition) is 2. The van der Waals surface area contributed by atoms with Gasteiger partial charge in [-0.05, 0) is 69.4 Å². The number of aromatic nitrogens is 2. The molecule has 10 heteroatoms. The van der Waals surface area contributed by atoms with Crippen molar-refractivity contribution in [3.05, 3.63) is 47.5 Å². The molecule has 34 heavy (non-hydrogen) atoms. The molecule has 1 aliphatic heterocycles. The van der Waals surface area contributed by atoms with Crippen LogP contribution in [-0.4, -0.2) is 40.5 Å².